The van der Waals surface area contributed by atoms with Crippen molar-refractivity contribution < 1.29 is 19.1 Å². The van der Waals surface area contributed by atoms with Crippen LogP contribution < -0.4 is 10.1 Å². The zero-order valence-electron chi connectivity index (χ0n) is 15.7. The van der Waals surface area contributed by atoms with Crippen LogP contribution in [0, 0.1) is 13.8 Å². The number of esters is 1. The topological polar surface area (TPSA) is 64.6 Å². The van der Waals surface area contributed by atoms with E-state index >= 15 is 0 Å². The number of rotatable bonds is 7. The predicted octanol–water partition coefficient (Wildman–Crippen LogP) is 3.28. The van der Waals surface area contributed by atoms with Gasteiger partial charge in [0, 0.05) is 0 Å². The Morgan fingerprint density at radius 3 is 2.35 bits per heavy atom. The van der Waals surface area contributed by atoms with E-state index in [0.717, 1.165) is 11.1 Å². The Labute approximate surface area is 154 Å². The molecule has 1 amide bonds. The molecular weight excluding hydrogens is 330 g/mol. The van der Waals surface area contributed by atoms with Crippen molar-refractivity contribution in [2.75, 3.05) is 13.7 Å². The van der Waals surface area contributed by atoms with Crippen LogP contribution in [-0.4, -0.2) is 25.6 Å². The molecule has 1 atom stereocenters. The number of amides is 1. The number of methoxy groups -OCH3 is 1. The highest BCUT2D eigenvalue weighted by Gasteiger charge is 2.11. The van der Waals surface area contributed by atoms with Crippen LogP contribution in [-0.2, 0) is 20.7 Å². The van der Waals surface area contributed by atoms with Crippen LogP contribution in [0.2, 0.25) is 0 Å². The molecule has 1 N–H and O–H groups in total. The fourth-order valence-electron chi connectivity index (χ4n) is 2.49. The molecule has 0 spiro atoms. The van der Waals surface area contributed by atoms with Gasteiger partial charge in [-0.05, 0) is 55.2 Å². The second kappa shape index (κ2) is 9.04. The van der Waals surface area contributed by atoms with Gasteiger partial charge in [-0.15, -0.1) is 0 Å². The van der Waals surface area contributed by atoms with Gasteiger partial charge in [0.05, 0.1) is 19.6 Å². The zero-order valence-corrected chi connectivity index (χ0v) is 15.7. The molecule has 1 unspecified atom stereocenters. The number of carbonyl (C=O) groups excluding carboxylic acids is 2. The third kappa shape index (κ3) is 5.62. The minimum absolute atomic E-state index is 0.0640. The van der Waals surface area contributed by atoms with Crippen LogP contribution in [0.5, 0.6) is 5.75 Å². The molecule has 0 aromatic heterocycles. The van der Waals surface area contributed by atoms with E-state index in [4.69, 9.17) is 4.74 Å². The highest BCUT2D eigenvalue weighted by Crippen LogP contribution is 2.17. The Balaban J connectivity index is 1.84. The summed E-state index contributed by atoms with van der Waals surface area (Å²) in [6.45, 7) is 6.00. The van der Waals surface area contributed by atoms with Gasteiger partial charge in [0.25, 0.3) is 5.91 Å². The second-order valence-electron chi connectivity index (χ2n) is 6.32. The molecule has 0 saturated heterocycles. The molecule has 0 aliphatic heterocycles. The van der Waals surface area contributed by atoms with Crippen LogP contribution >= 0.6 is 0 Å². The van der Waals surface area contributed by atoms with Crippen LogP contribution in [0.15, 0.2) is 42.5 Å². The van der Waals surface area contributed by atoms with Gasteiger partial charge in [-0.2, -0.15) is 0 Å². The van der Waals surface area contributed by atoms with Gasteiger partial charge in [0.1, 0.15) is 5.75 Å². The van der Waals surface area contributed by atoms with Gasteiger partial charge in [0.15, 0.2) is 6.61 Å². The van der Waals surface area contributed by atoms with E-state index in [2.05, 4.69) is 36.0 Å². The first-order valence-electron chi connectivity index (χ1n) is 8.54. The van der Waals surface area contributed by atoms with E-state index in [-0.39, 0.29) is 30.9 Å². The Hall–Kier alpha value is -2.82. The first-order valence-corrected chi connectivity index (χ1v) is 8.54. The number of carbonyl (C=O) groups is 2. The Morgan fingerprint density at radius 1 is 1.04 bits per heavy atom. The molecule has 26 heavy (non-hydrogen) atoms. The maximum atomic E-state index is 12.1. The van der Waals surface area contributed by atoms with Crippen molar-refractivity contribution in [3.8, 4) is 5.75 Å². The van der Waals surface area contributed by atoms with E-state index in [1.165, 1.54) is 18.2 Å². The summed E-state index contributed by atoms with van der Waals surface area (Å²) in [6, 6.07) is 13.1. The van der Waals surface area contributed by atoms with Gasteiger partial charge in [-0.25, -0.2) is 0 Å². The lowest BCUT2D eigenvalue weighted by Crippen LogP contribution is -2.31. The maximum absolute atomic E-state index is 12.1. The predicted molar refractivity (Wildman–Crippen MR) is 100 cm³/mol. The first-order chi connectivity index (χ1) is 12.4. The Morgan fingerprint density at radius 2 is 1.73 bits per heavy atom. The number of ether oxygens (including phenoxy) is 2. The number of benzene rings is 2. The van der Waals surface area contributed by atoms with Gasteiger partial charge in [0.2, 0.25) is 0 Å². The van der Waals surface area contributed by atoms with Crippen molar-refractivity contribution in [2.24, 2.45) is 0 Å². The fourth-order valence-corrected chi connectivity index (χ4v) is 2.49. The normalized spacial score (nSPS) is 11.5. The van der Waals surface area contributed by atoms with Crippen LogP contribution in [0.1, 0.15) is 35.2 Å². The lowest BCUT2D eigenvalue weighted by atomic mass is 10.0. The first kappa shape index (κ1) is 19.5. The third-order valence-electron chi connectivity index (χ3n) is 4.28. The number of nitrogens with one attached hydrogen (secondary N) is 1. The number of hydrogen-bond acceptors (Lipinski definition) is 4. The summed E-state index contributed by atoms with van der Waals surface area (Å²) in [5, 5.41) is 2.93. The summed E-state index contributed by atoms with van der Waals surface area (Å²) in [5.41, 5.74) is 4.32. The van der Waals surface area contributed by atoms with Gasteiger partial charge < -0.3 is 14.8 Å². The molecule has 5 nitrogen and oxygen atoms in total. The van der Waals surface area contributed by atoms with Gasteiger partial charge in [-0.3, -0.25) is 9.59 Å². The minimum Gasteiger partial charge on any atom is -0.484 e. The summed E-state index contributed by atoms with van der Waals surface area (Å²) >= 11 is 0. The lowest BCUT2D eigenvalue weighted by Gasteiger charge is -2.16. The van der Waals surface area contributed by atoms with Gasteiger partial charge in [-0.1, -0.05) is 30.3 Å². The standard InChI is InChI=1S/C21H25NO4/c1-14-5-8-18(11-15(14)2)16(3)22-20(23)13-26-19-9-6-17(7-10-19)12-21(24)25-4/h5-11,16H,12-13H2,1-4H3,(H,22,23). The Bertz CT molecular complexity index is 768. The molecule has 2 rings (SSSR count). The monoisotopic (exact) mass is 355 g/mol. The van der Waals surface area contributed by atoms with Crippen molar-refractivity contribution in [1.82, 2.24) is 5.32 Å². The summed E-state index contributed by atoms with van der Waals surface area (Å²) in [5.74, 6) is 0.0975. The summed E-state index contributed by atoms with van der Waals surface area (Å²) < 4.78 is 10.1. The molecule has 0 fully saturated rings. The summed E-state index contributed by atoms with van der Waals surface area (Å²) in [4.78, 5) is 23.3. The molecule has 138 valence electrons. The molecule has 0 radical (unpaired) electrons. The zero-order chi connectivity index (χ0) is 19.1. The van der Waals surface area contributed by atoms with Crippen molar-refractivity contribution in [2.45, 2.75) is 33.2 Å². The molecule has 5 heteroatoms. The van der Waals surface area contributed by atoms with E-state index in [9.17, 15) is 9.59 Å². The number of aryl methyl sites for hydroxylation is 2. The summed E-state index contributed by atoms with van der Waals surface area (Å²) in [7, 11) is 1.36. The molecule has 0 saturated carbocycles. The molecular formula is C21H25NO4. The van der Waals surface area contributed by atoms with Crippen LogP contribution in [0.3, 0.4) is 0 Å². The third-order valence-corrected chi connectivity index (χ3v) is 4.28. The van der Waals surface area contributed by atoms with E-state index in [1.54, 1.807) is 24.3 Å². The molecule has 2 aromatic rings. The minimum atomic E-state index is -0.293. The van der Waals surface area contributed by atoms with Crippen LogP contribution in [0.4, 0.5) is 0 Å². The smallest absolute Gasteiger partial charge is 0.309 e. The number of hydrogen-bond donors (Lipinski definition) is 1. The van der Waals surface area contributed by atoms with Crippen molar-refractivity contribution >= 4 is 11.9 Å². The highest BCUT2D eigenvalue weighted by atomic mass is 16.5. The van der Waals surface area contributed by atoms with Crippen molar-refractivity contribution in [1.29, 1.82) is 0 Å². The average molecular weight is 355 g/mol. The van der Waals surface area contributed by atoms with Crippen molar-refractivity contribution in [3.63, 3.8) is 0 Å². The van der Waals surface area contributed by atoms with Gasteiger partial charge >= 0.3 is 5.97 Å². The van der Waals surface area contributed by atoms with E-state index in [0.29, 0.717) is 5.75 Å². The second-order valence-corrected chi connectivity index (χ2v) is 6.32. The largest absolute Gasteiger partial charge is 0.484 e. The maximum Gasteiger partial charge on any atom is 0.309 e. The molecule has 0 aliphatic rings. The summed E-state index contributed by atoms with van der Waals surface area (Å²) in [6.07, 6.45) is 0.213. The molecule has 0 bridgehead atoms. The average Bonchev–Trinajstić information content (AvgIpc) is 2.63. The molecule has 0 aliphatic carbocycles. The van der Waals surface area contributed by atoms with Crippen LogP contribution in [0.25, 0.3) is 0 Å². The Kier molecular flexibility index (Phi) is 6.78. The van der Waals surface area contributed by atoms with E-state index < -0.39 is 0 Å². The fraction of sp³-hybridized carbons (Fsp3) is 0.333. The van der Waals surface area contributed by atoms with Crippen molar-refractivity contribution in [3.05, 3.63) is 64.7 Å². The molecule has 2 aromatic carbocycles. The SMILES string of the molecule is COC(=O)Cc1ccc(OCC(=O)NC(C)c2ccc(C)c(C)c2)cc1. The highest BCUT2D eigenvalue weighted by molar-refractivity contribution is 5.78. The van der Waals surface area contributed by atoms with E-state index in [1.807, 2.05) is 13.0 Å². The lowest BCUT2D eigenvalue weighted by molar-refractivity contribution is -0.139. The quantitative estimate of drug-likeness (QED) is 0.774. The molecule has 0 heterocycles.